The van der Waals surface area contributed by atoms with Gasteiger partial charge in [-0.1, -0.05) is 0 Å². The molecule has 0 saturated carbocycles. The van der Waals surface area contributed by atoms with Gasteiger partial charge in [0.25, 0.3) is 0 Å². The highest BCUT2D eigenvalue weighted by atomic mass is 16.5. The number of ether oxygens (including phenoxy) is 1. The van der Waals surface area contributed by atoms with Gasteiger partial charge >= 0.3 is 0 Å². The summed E-state index contributed by atoms with van der Waals surface area (Å²) in [6, 6.07) is 9.49. The van der Waals surface area contributed by atoms with Gasteiger partial charge < -0.3 is 4.74 Å². The molecule has 0 atom stereocenters. The molecule has 4 nitrogen and oxygen atoms in total. The van der Waals surface area contributed by atoms with Crippen LogP contribution in [-0.4, -0.2) is 23.6 Å². The highest BCUT2D eigenvalue weighted by Crippen LogP contribution is 2.29. The molecule has 2 heterocycles. The molecule has 0 unspecified atom stereocenters. The molecule has 0 spiro atoms. The maximum absolute atomic E-state index is 12.4. The molecule has 1 aliphatic heterocycles. The molecule has 21 heavy (non-hydrogen) atoms. The Morgan fingerprint density at radius 3 is 2.52 bits per heavy atom. The first-order chi connectivity index (χ1) is 10.1. The van der Waals surface area contributed by atoms with Gasteiger partial charge in [-0.15, -0.1) is 0 Å². The van der Waals surface area contributed by atoms with Crippen LogP contribution in [0.5, 0.6) is 5.75 Å². The number of aliphatic imine (C=N–C) groups is 1. The van der Waals surface area contributed by atoms with Crippen molar-refractivity contribution in [1.82, 2.24) is 4.98 Å². The summed E-state index contributed by atoms with van der Waals surface area (Å²) in [5.41, 5.74) is 4.15. The summed E-state index contributed by atoms with van der Waals surface area (Å²) in [7, 11) is 1.63. The molecule has 0 bridgehead atoms. The average Bonchev–Trinajstić information content (AvgIpc) is 2.46. The van der Waals surface area contributed by atoms with Crippen LogP contribution in [0.1, 0.15) is 33.6 Å². The van der Waals surface area contributed by atoms with Crippen LogP contribution >= 0.6 is 0 Å². The second-order valence-corrected chi connectivity index (χ2v) is 5.17. The smallest absolute Gasteiger partial charge is 0.172 e. The fraction of sp³-hybridized carbons (Fsp3) is 0.235. The second-order valence-electron chi connectivity index (χ2n) is 5.17. The molecule has 4 heteroatoms. The molecule has 0 saturated heterocycles. The fourth-order valence-corrected chi connectivity index (χ4v) is 2.60. The number of Topliss-reactive ketones (excluding diaryl/α,β-unsaturated/α-hetero) is 1. The summed E-state index contributed by atoms with van der Waals surface area (Å²) in [6.45, 7) is 3.84. The standard InChI is InChI=1S/C17H16N2O2/c1-10-8-11(2)18-17-16(10)15(20)9-14(19-17)12-4-6-13(21-3)7-5-12/h4-8H,9H2,1-3H3. The summed E-state index contributed by atoms with van der Waals surface area (Å²) in [6.07, 6.45) is 0.310. The highest BCUT2D eigenvalue weighted by Gasteiger charge is 2.24. The van der Waals surface area contributed by atoms with Crippen molar-refractivity contribution in [2.75, 3.05) is 7.11 Å². The molecule has 3 rings (SSSR count). The molecule has 1 aromatic carbocycles. The molecule has 0 radical (unpaired) electrons. The maximum Gasteiger partial charge on any atom is 0.172 e. The number of hydrogen-bond donors (Lipinski definition) is 0. The van der Waals surface area contributed by atoms with Gasteiger partial charge in [-0.05, 0) is 55.3 Å². The van der Waals surface area contributed by atoms with Crippen molar-refractivity contribution in [3.8, 4) is 5.75 Å². The number of nitrogens with zero attached hydrogens (tertiary/aromatic N) is 2. The minimum atomic E-state index is 0.0795. The first kappa shape index (κ1) is 13.5. The summed E-state index contributed by atoms with van der Waals surface area (Å²) in [5.74, 6) is 1.40. The van der Waals surface area contributed by atoms with Crippen molar-refractivity contribution >= 4 is 17.3 Å². The third-order valence-electron chi connectivity index (χ3n) is 3.60. The van der Waals surface area contributed by atoms with E-state index < -0.39 is 0 Å². The second kappa shape index (κ2) is 5.13. The van der Waals surface area contributed by atoms with Crippen molar-refractivity contribution in [2.24, 2.45) is 4.99 Å². The first-order valence-electron chi connectivity index (χ1n) is 6.82. The van der Waals surface area contributed by atoms with Gasteiger partial charge in [0.2, 0.25) is 0 Å². The van der Waals surface area contributed by atoms with E-state index in [2.05, 4.69) is 9.98 Å². The molecule has 106 valence electrons. The number of carbonyl (C=O) groups is 1. The molecular formula is C17H16N2O2. The van der Waals surface area contributed by atoms with Crippen molar-refractivity contribution in [2.45, 2.75) is 20.3 Å². The van der Waals surface area contributed by atoms with E-state index in [4.69, 9.17) is 4.74 Å². The van der Waals surface area contributed by atoms with Gasteiger partial charge in [0.15, 0.2) is 11.6 Å². The Morgan fingerprint density at radius 2 is 1.86 bits per heavy atom. The number of aryl methyl sites for hydroxylation is 2. The molecule has 0 fully saturated rings. The summed E-state index contributed by atoms with van der Waals surface area (Å²) >= 11 is 0. The minimum Gasteiger partial charge on any atom is -0.497 e. The number of fused-ring (bicyclic) bond motifs is 1. The highest BCUT2D eigenvalue weighted by molar-refractivity contribution is 6.20. The Morgan fingerprint density at radius 1 is 1.14 bits per heavy atom. The van der Waals surface area contributed by atoms with Crippen LogP contribution in [0.2, 0.25) is 0 Å². The van der Waals surface area contributed by atoms with Crippen molar-refractivity contribution in [3.05, 3.63) is 52.7 Å². The van der Waals surface area contributed by atoms with E-state index in [-0.39, 0.29) is 5.78 Å². The third-order valence-corrected chi connectivity index (χ3v) is 3.60. The van der Waals surface area contributed by atoms with Crippen LogP contribution in [0.4, 0.5) is 5.82 Å². The Balaban J connectivity index is 2.08. The van der Waals surface area contributed by atoms with Crippen molar-refractivity contribution in [3.63, 3.8) is 0 Å². The van der Waals surface area contributed by atoms with Crippen LogP contribution in [0.15, 0.2) is 35.3 Å². The molecule has 0 amide bonds. The van der Waals surface area contributed by atoms with Crippen LogP contribution in [0.3, 0.4) is 0 Å². The normalized spacial score (nSPS) is 13.7. The van der Waals surface area contributed by atoms with E-state index in [1.807, 2.05) is 44.2 Å². The Hall–Kier alpha value is -2.49. The van der Waals surface area contributed by atoms with Crippen molar-refractivity contribution in [1.29, 1.82) is 0 Å². The van der Waals surface area contributed by atoms with Crippen LogP contribution in [-0.2, 0) is 0 Å². The zero-order valence-electron chi connectivity index (χ0n) is 12.3. The number of carbonyl (C=O) groups excluding carboxylic acids is 1. The monoisotopic (exact) mass is 280 g/mol. The molecule has 2 aromatic rings. The van der Waals surface area contributed by atoms with Gasteiger partial charge in [0, 0.05) is 5.69 Å². The van der Waals surface area contributed by atoms with E-state index in [9.17, 15) is 4.79 Å². The number of ketones is 1. The maximum atomic E-state index is 12.4. The predicted molar refractivity (Wildman–Crippen MR) is 81.8 cm³/mol. The van der Waals surface area contributed by atoms with Gasteiger partial charge in [0.1, 0.15) is 5.75 Å². The van der Waals surface area contributed by atoms with Gasteiger partial charge in [0.05, 0.1) is 24.8 Å². The van der Waals surface area contributed by atoms with E-state index in [1.165, 1.54) is 0 Å². The lowest BCUT2D eigenvalue weighted by atomic mass is 9.95. The summed E-state index contributed by atoms with van der Waals surface area (Å²) in [4.78, 5) is 21.4. The lowest BCUT2D eigenvalue weighted by Crippen LogP contribution is -2.16. The number of rotatable bonds is 2. The number of hydrogen-bond acceptors (Lipinski definition) is 4. The minimum absolute atomic E-state index is 0.0795. The largest absolute Gasteiger partial charge is 0.497 e. The molecule has 1 aromatic heterocycles. The van der Waals surface area contributed by atoms with E-state index in [0.717, 1.165) is 28.3 Å². The average molecular weight is 280 g/mol. The van der Waals surface area contributed by atoms with E-state index in [1.54, 1.807) is 7.11 Å². The lowest BCUT2D eigenvalue weighted by molar-refractivity contribution is 0.0999. The van der Waals surface area contributed by atoms with Gasteiger partial charge in [-0.3, -0.25) is 4.79 Å². The number of benzene rings is 1. The topological polar surface area (TPSA) is 51.6 Å². The first-order valence-corrected chi connectivity index (χ1v) is 6.82. The Bertz CT molecular complexity index is 746. The third kappa shape index (κ3) is 2.44. The summed E-state index contributed by atoms with van der Waals surface area (Å²) < 4.78 is 5.15. The quantitative estimate of drug-likeness (QED) is 0.847. The predicted octanol–water partition coefficient (Wildman–Crippen LogP) is 3.41. The van der Waals surface area contributed by atoms with Crippen molar-refractivity contribution < 1.29 is 9.53 Å². The molecular weight excluding hydrogens is 264 g/mol. The molecule has 0 N–H and O–H groups in total. The van der Waals surface area contributed by atoms with E-state index in [0.29, 0.717) is 17.8 Å². The summed E-state index contributed by atoms with van der Waals surface area (Å²) in [5, 5.41) is 0. The number of aromatic nitrogens is 1. The zero-order chi connectivity index (χ0) is 15.0. The van der Waals surface area contributed by atoms with Gasteiger partial charge in [-0.25, -0.2) is 9.98 Å². The Kier molecular flexibility index (Phi) is 3.29. The SMILES string of the molecule is COc1ccc(C2=Nc3nc(C)cc(C)c3C(=O)C2)cc1. The van der Waals surface area contributed by atoms with Gasteiger partial charge in [-0.2, -0.15) is 0 Å². The number of methoxy groups -OCH3 is 1. The lowest BCUT2D eigenvalue weighted by Gasteiger charge is -2.16. The number of pyridine rings is 1. The Labute approximate surface area is 123 Å². The van der Waals surface area contributed by atoms with Crippen LogP contribution < -0.4 is 4.74 Å². The fourth-order valence-electron chi connectivity index (χ4n) is 2.60. The zero-order valence-corrected chi connectivity index (χ0v) is 12.3. The van der Waals surface area contributed by atoms with E-state index >= 15 is 0 Å². The van der Waals surface area contributed by atoms with Crippen LogP contribution in [0.25, 0.3) is 0 Å². The van der Waals surface area contributed by atoms with Crippen LogP contribution in [0, 0.1) is 13.8 Å². The molecule has 1 aliphatic rings. The molecule has 0 aliphatic carbocycles.